The first-order valence-corrected chi connectivity index (χ1v) is 12.1. The lowest BCUT2D eigenvalue weighted by Crippen LogP contribution is -2.29. The minimum Gasteiger partial charge on any atom is -0.456 e. The van der Waals surface area contributed by atoms with Gasteiger partial charge in [0.25, 0.3) is 0 Å². The van der Waals surface area contributed by atoms with Crippen LogP contribution >= 0.6 is 11.8 Å². The van der Waals surface area contributed by atoms with Crippen LogP contribution in [0.1, 0.15) is 43.7 Å². The number of hydrogen-bond acceptors (Lipinski definition) is 7. The molecule has 172 valence electrons. The zero-order valence-corrected chi connectivity index (χ0v) is 19.6. The van der Waals surface area contributed by atoms with E-state index in [9.17, 15) is 9.59 Å². The minimum atomic E-state index is -0.780. The van der Waals surface area contributed by atoms with Crippen LogP contribution < -0.4 is 5.32 Å². The summed E-state index contributed by atoms with van der Waals surface area (Å²) in [6, 6.07) is 18.1. The zero-order valence-electron chi connectivity index (χ0n) is 18.8. The van der Waals surface area contributed by atoms with Gasteiger partial charge in [0.05, 0.1) is 29.5 Å². The van der Waals surface area contributed by atoms with Gasteiger partial charge in [-0.25, -0.2) is 9.59 Å². The van der Waals surface area contributed by atoms with E-state index < -0.39 is 18.0 Å². The Morgan fingerprint density at radius 1 is 1.12 bits per heavy atom. The third kappa shape index (κ3) is 5.09. The van der Waals surface area contributed by atoms with Crippen molar-refractivity contribution in [2.75, 3.05) is 13.2 Å². The highest BCUT2D eigenvalue weighted by molar-refractivity contribution is 7.98. The van der Waals surface area contributed by atoms with Gasteiger partial charge in [-0.05, 0) is 30.5 Å². The minimum absolute atomic E-state index is 0.184. The molecule has 0 fully saturated rings. The van der Waals surface area contributed by atoms with Crippen LogP contribution in [0.4, 0.5) is 4.79 Å². The number of allylic oxidation sites excluding steroid dienone is 2. The van der Waals surface area contributed by atoms with Crippen LogP contribution in [0.5, 0.6) is 0 Å². The molecule has 0 spiro atoms. The Balaban J connectivity index is 1.76. The largest absolute Gasteiger partial charge is 0.513 e. The van der Waals surface area contributed by atoms with E-state index in [4.69, 9.17) is 14.2 Å². The van der Waals surface area contributed by atoms with Crippen LogP contribution in [0.2, 0.25) is 0 Å². The van der Waals surface area contributed by atoms with E-state index in [1.807, 2.05) is 42.5 Å². The first-order chi connectivity index (χ1) is 16.1. The maximum absolute atomic E-state index is 12.8. The van der Waals surface area contributed by atoms with Gasteiger partial charge in [-0.1, -0.05) is 61.9 Å². The van der Waals surface area contributed by atoms with Crippen molar-refractivity contribution in [2.24, 2.45) is 0 Å². The molecule has 0 radical (unpaired) electrons. The van der Waals surface area contributed by atoms with Crippen LogP contribution in [-0.2, 0) is 24.8 Å². The third-order valence-electron chi connectivity index (χ3n) is 5.47. The van der Waals surface area contributed by atoms with Crippen LogP contribution in [0.15, 0.2) is 82.2 Å². The zero-order chi connectivity index (χ0) is 23.2. The smallest absolute Gasteiger partial charge is 0.456 e. The molecule has 0 saturated heterocycles. The molecule has 0 amide bonds. The number of carbonyl (C=O) groups is 2. The highest BCUT2D eigenvalue weighted by Gasteiger charge is 2.42. The van der Waals surface area contributed by atoms with E-state index in [1.165, 1.54) is 5.56 Å². The lowest BCUT2D eigenvalue weighted by atomic mass is 9.85. The maximum atomic E-state index is 12.8. The molecule has 0 saturated carbocycles. The van der Waals surface area contributed by atoms with Gasteiger partial charge in [-0.15, -0.1) is 11.8 Å². The van der Waals surface area contributed by atoms with E-state index in [2.05, 4.69) is 24.4 Å². The van der Waals surface area contributed by atoms with E-state index in [1.54, 1.807) is 18.7 Å². The first kappa shape index (κ1) is 23.0. The summed E-state index contributed by atoms with van der Waals surface area (Å²) in [5.74, 6) is 0.229. The molecule has 2 heterocycles. The Morgan fingerprint density at radius 3 is 2.64 bits per heavy atom. The topological polar surface area (TPSA) is 73.9 Å². The summed E-state index contributed by atoms with van der Waals surface area (Å²) in [6.45, 7) is 4.16. The highest BCUT2D eigenvalue weighted by atomic mass is 32.2. The number of carbonyl (C=O) groups excluding carboxylic acids is 2. The summed E-state index contributed by atoms with van der Waals surface area (Å²) in [4.78, 5) is 26.2. The number of thioether (sulfide) groups is 1. The van der Waals surface area contributed by atoms with Crippen molar-refractivity contribution < 1.29 is 23.8 Å². The van der Waals surface area contributed by atoms with Crippen molar-refractivity contribution >= 4 is 23.9 Å². The van der Waals surface area contributed by atoms with E-state index in [0.717, 1.165) is 34.0 Å². The summed E-state index contributed by atoms with van der Waals surface area (Å²) in [5.41, 5.74) is 4.09. The van der Waals surface area contributed by atoms with Crippen molar-refractivity contribution in [1.82, 2.24) is 5.32 Å². The molecule has 2 aromatic rings. The molecule has 6 nitrogen and oxygen atoms in total. The fraction of sp³-hybridized carbons (Fsp3) is 0.308. The molecule has 2 aromatic carbocycles. The molecule has 0 aliphatic carbocycles. The van der Waals surface area contributed by atoms with Gasteiger partial charge in [-0.3, -0.25) is 0 Å². The summed E-state index contributed by atoms with van der Waals surface area (Å²) >= 11 is 1.69. The molecule has 1 N–H and O–H groups in total. The average Bonchev–Trinajstić information content (AvgIpc) is 3.19. The number of dihydropyridines is 1. The molecule has 1 atom stereocenters. The number of benzene rings is 2. The van der Waals surface area contributed by atoms with Gasteiger partial charge < -0.3 is 19.5 Å². The van der Waals surface area contributed by atoms with Gasteiger partial charge in [-0.2, -0.15) is 0 Å². The predicted molar refractivity (Wildman–Crippen MR) is 126 cm³/mol. The van der Waals surface area contributed by atoms with Crippen molar-refractivity contribution in [3.05, 3.63) is 88.5 Å². The summed E-state index contributed by atoms with van der Waals surface area (Å²) in [6.07, 6.45) is 0.722. The van der Waals surface area contributed by atoms with Gasteiger partial charge in [0.1, 0.15) is 12.4 Å². The second-order valence-corrected chi connectivity index (χ2v) is 8.73. The standard InChI is InChI=1S/C26H27NO5S/c1-3-10-19-24(32-26(29)30-4-2)22(23-20(27-19)15-31-25(23)28)18-13-8-9-14-21(18)33-16-17-11-6-5-7-12-17/h5-9,11-14,22,27H,3-4,10,15-16H2,1-2H3. The number of rotatable bonds is 8. The molecule has 33 heavy (non-hydrogen) atoms. The van der Waals surface area contributed by atoms with Gasteiger partial charge in [0.15, 0.2) is 0 Å². The number of hydrogen-bond donors (Lipinski definition) is 1. The molecule has 0 aromatic heterocycles. The Morgan fingerprint density at radius 2 is 1.88 bits per heavy atom. The molecular formula is C26H27NO5S. The SMILES string of the molecule is CCCC1=C(OC(=O)OCC)C(c2ccccc2SCc2ccccc2)C2=C(COC2=O)N1. The molecule has 2 aliphatic heterocycles. The van der Waals surface area contributed by atoms with Crippen LogP contribution in [0.25, 0.3) is 0 Å². The molecular weight excluding hydrogens is 438 g/mol. The van der Waals surface area contributed by atoms with Crippen LogP contribution in [0.3, 0.4) is 0 Å². The number of ether oxygens (including phenoxy) is 3. The lowest BCUT2D eigenvalue weighted by Gasteiger charge is -2.30. The monoisotopic (exact) mass is 465 g/mol. The fourth-order valence-electron chi connectivity index (χ4n) is 4.04. The first-order valence-electron chi connectivity index (χ1n) is 11.1. The van der Waals surface area contributed by atoms with Gasteiger partial charge >= 0.3 is 12.1 Å². The summed E-state index contributed by atoms with van der Waals surface area (Å²) in [5, 5.41) is 3.30. The van der Waals surface area contributed by atoms with Crippen molar-refractivity contribution in [3.8, 4) is 0 Å². The average molecular weight is 466 g/mol. The number of nitrogens with one attached hydrogen (secondary N) is 1. The summed E-state index contributed by atoms with van der Waals surface area (Å²) < 4.78 is 16.2. The van der Waals surface area contributed by atoms with Gasteiger partial charge in [0.2, 0.25) is 0 Å². The Hall–Kier alpha value is -3.19. The van der Waals surface area contributed by atoms with Crippen molar-refractivity contribution in [1.29, 1.82) is 0 Å². The third-order valence-corrected chi connectivity index (χ3v) is 6.63. The summed E-state index contributed by atoms with van der Waals surface area (Å²) in [7, 11) is 0. The Labute approximate surface area is 198 Å². The van der Waals surface area contributed by atoms with Crippen LogP contribution in [0, 0.1) is 0 Å². The fourth-order valence-corrected chi connectivity index (χ4v) is 5.08. The van der Waals surface area contributed by atoms with Crippen LogP contribution in [-0.4, -0.2) is 25.3 Å². The second kappa shape index (κ2) is 10.6. The Kier molecular flexibility index (Phi) is 7.40. The van der Waals surface area contributed by atoms with E-state index in [-0.39, 0.29) is 13.2 Å². The number of esters is 1. The number of cyclic esters (lactones) is 1. The van der Waals surface area contributed by atoms with Crippen molar-refractivity contribution in [3.63, 3.8) is 0 Å². The predicted octanol–water partition coefficient (Wildman–Crippen LogP) is 5.66. The second-order valence-electron chi connectivity index (χ2n) is 7.72. The van der Waals surface area contributed by atoms with Crippen molar-refractivity contribution in [2.45, 2.75) is 43.3 Å². The molecule has 1 unspecified atom stereocenters. The Bertz CT molecular complexity index is 1090. The van der Waals surface area contributed by atoms with Gasteiger partial charge in [0, 0.05) is 10.6 Å². The maximum Gasteiger partial charge on any atom is 0.513 e. The van der Waals surface area contributed by atoms with E-state index in [0.29, 0.717) is 17.8 Å². The van der Waals surface area contributed by atoms with E-state index >= 15 is 0 Å². The molecule has 2 aliphatic rings. The lowest BCUT2D eigenvalue weighted by molar-refractivity contribution is -0.136. The molecule has 7 heteroatoms. The molecule has 0 bridgehead atoms. The molecule has 4 rings (SSSR count). The normalized spacial score (nSPS) is 17.4. The highest BCUT2D eigenvalue weighted by Crippen LogP contribution is 2.45. The quantitative estimate of drug-likeness (QED) is 0.398.